The maximum absolute atomic E-state index is 12.3. The van der Waals surface area contributed by atoms with E-state index in [4.69, 9.17) is 20.9 Å². The summed E-state index contributed by atoms with van der Waals surface area (Å²) >= 11 is 0. The standard InChI is InChI=1S/C38H28N2O4/c39-33-15-3-5-17-35(33)43-27-11-7-9-25(22-27)38(26-10-8-12-28(23-26)44-36-18-6-4-16-34(36)40)31-14-2-1-13-29(31)30-20-19-24(37(41)42)21-32(30)38/h1-23H,39-40H2,(H,41,42). The van der Waals surface area contributed by atoms with Crippen molar-refractivity contribution >= 4 is 17.3 Å². The highest BCUT2D eigenvalue weighted by molar-refractivity contribution is 5.93. The number of carboxylic acid groups (broad SMARTS) is 1. The number of fused-ring (bicyclic) bond motifs is 3. The van der Waals surface area contributed by atoms with Gasteiger partial charge in [-0.2, -0.15) is 0 Å². The molecule has 0 aliphatic heterocycles. The summed E-state index contributed by atoms with van der Waals surface area (Å²) in [6.07, 6.45) is 0. The van der Waals surface area contributed by atoms with Gasteiger partial charge < -0.3 is 26.0 Å². The third-order valence-electron chi connectivity index (χ3n) is 8.12. The van der Waals surface area contributed by atoms with Crippen LogP contribution in [0.2, 0.25) is 0 Å². The molecule has 0 atom stereocenters. The molecule has 0 radical (unpaired) electrons. The highest BCUT2D eigenvalue weighted by Crippen LogP contribution is 2.57. The second kappa shape index (κ2) is 10.7. The molecule has 5 N–H and O–H groups in total. The Labute approximate surface area is 254 Å². The van der Waals surface area contributed by atoms with Crippen LogP contribution in [0, 0.1) is 0 Å². The van der Waals surface area contributed by atoms with Crippen LogP contribution >= 0.6 is 0 Å². The van der Waals surface area contributed by atoms with Crippen LogP contribution in [0.25, 0.3) is 11.1 Å². The van der Waals surface area contributed by atoms with Crippen molar-refractivity contribution in [2.45, 2.75) is 5.41 Å². The Morgan fingerprint density at radius 2 is 1.07 bits per heavy atom. The third kappa shape index (κ3) is 4.41. The van der Waals surface area contributed by atoms with E-state index in [1.54, 1.807) is 24.3 Å². The van der Waals surface area contributed by atoms with Crippen LogP contribution in [0.5, 0.6) is 23.0 Å². The Bertz CT molecular complexity index is 1960. The first-order chi connectivity index (χ1) is 21.4. The van der Waals surface area contributed by atoms with Gasteiger partial charge in [-0.05, 0) is 94.0 Å². The molecule has 6 aromatic rings. The maximum Gasteiger partial charge on any atom is 0.335 e. The molecule has 44 heavy (non-hydrogen) atoms. The second-order valence-electron chi connectivity index (χ2n) is 10.7. The summed E-state index contributed by atoms with van der Waals surface area (Å²) in [7, 11) is 0. The van der Waals surface area contributed by atoms with E-state index < -0.39 is 11.4 Å². The first-order valence-electron chi connectivity index (χ1n) is 14.2. The Hall–Kier alpha value is -6.01. The summed E-state index contributed by atoms with van der Waals surface area (Å²) in [5.41, 5.74) is 18.4. The van der Waals surface area contributed by atoms with E-state index in [1.165, 1.54) is 0 Å². The van der Waals surface area contributed by atoms with Crippen molar-refractivity contribution in [1.82, 2.24) is 0 Å². The molecule has 6 heteroatoms. The molecule has 0 spiro atoms. The van der Waals surface area contributed by atoms with Crippen molar-refractivity contribution in [2.75, 3.05) is 11.5 Å². The number of nitrogen functional groups attached to an aromatic ring is 2. The largest absolute Gasteiger partial charge is 0.478 e. The predicted molar refractivity (Wildman–Crippen MR) is 173 cm³/mol. The molecule has 0 aromatic heterocycles. The van der Waals surface area contributed by atoms with Crippen LogP contribution in [-0.2, 0) is 5.41 Å². The van der Waals surface area contributed by atoms with Gasteiger partial charge in [-0.1, -0.05) is 78.9 Å². The Balaban J connectivity index is 1.49. The number of hydrogen-bond donors (Lipinski definition) is 3. The number of hydrogen-bond acceptors (Lipinski definition) is 5. The summed E-state index contributed by atoms with van der Waals surface area (Å²) in [5, 5.41) is 10.0. The topological polar surface area (TPSA) is 108 Å². The van der Waals surface area contributed by atoms with Crippen LogP contribution in [0.15, 0.2) is 140 Å². The molecule has 0 saturated heterocycles. The number of rotatable bonds is 7. The third-order valence-corrected chi connectivity index (χ3v) is 8.12. The van der Waals surface area contributed by atoms with Gasteiger partial charge in [0.15, 0.2) is 0 Å². The number of carboxylic acids is 1. The van der Waals surface area contributed by atoms with Crippen LogP contribution < -0.4 is 20.9 Å². The Morgan fingerprint density at radius 1 is 0.545 bits per heavy atom. The molecule has 7 rings (SSSR count). The van der Waals surface area contributed by atoms with Gasteiger partial charge in [0.1, 0.15) is 23.0 Å². The summed E-state index contributed by atoms with van der Waals surface area (Å²) in [6.45, 7) is 0. The van der Waals surface area contributed by atoms with E-state index in [1.807, 2.05) is 103 Å². The minimum Gasteiger partial charge on any atom is -0.478 e. The molecule has 0 bridgehead atoms. The number of carbonyl (C=O) groups is 1. The lowest BCUT2D eigenvalue weighted by Gasteiger charge is -2.34. The highest BCUT2D eigenvalue weighted by atomic mass is 16.5. The molecule has 1 aliphatic carbocycles. The van der Waals surface area contributed by atoms with E-state index in [-0.39, 0.29) is 5.56 Å². The zero-order valence-electron chi connectivity index (χ0n) is 23.6. The van der Waals surface area contributed by atoms with Crippen molar-refractivity contribution in [3.8, 4) is 34.1 Å². The minimum absolute atomic E-state index is 0.204. The fraction of sp³-hybridized carbons (Fsp3) is 0.0263. The summed E-state index contributed by atoms with van der Waals surface area (Å²) in [4.78, 5) is 12.3. The fourth-order valence-corrected chi connectivity index (χ4v) is 6.19. The maximum atomic E-state index is 12.3. The molecule has 214 valence electrons. The van der Waals surface area contributed by atoms with E-state index in [0.717, 1.165) is 33.4 Å². The smallest absolute Gasteiger partial charge is 0.335 e. The molecule has 0 amide bonds. The number of benzene rings is 6. The van der Waals surface area contributed by atoms with Crippen molar-refractivity contribution in [1.29, 1.82) is 0 Å². The van der Waals surface area contributed by atoms with E-state index in [9.17, 15) is 9.90 Å². The summed E-state index contributed by atoms with van der Waals surface area (Å²) in [6, 6.07) is 44.0. The second-order valence-corrected chi connectivity index (χ2v) is 10.7. The van der Waals surface area contributed by atoms with E-state index in [2.05, 4.69) is 12.1 Å². The number of nitrogens with two attached hydrogens (primary N) is 2. The predicted octanol–water partition coefficient (Wildman–Crippen LogP) is 8.50. The van der Waals surface area contributed by atoms with E-state index in [0.29, 0.717) is 34.4 Å². The van der Waals surface area contributed by atoms with Gasteiger partial charge in [0.2, 0.25) is 0 Å². The van der Waals surface area contributed by atoms with Gasteiger partial charge in [0.25, 0.3) is 0 Å². The normalized spacial score (nSPS) is 12.6. The van der Waals surface area contributed by atoms with Crippen molar-refractivity contribution < 1.29 is 19.4 Å². The van der Waals surface area contributed by atoms with Gasteiger partial charge in [-0.25, -0.2) is 4.79 Å². The molecule has 6 aromatic carbocycles. The van der Waals surface area contributed by atoms with Crippen molar-refractivity contribution in [3.05, 3.63) is 167 Å². The molecule has 0 saturated carbocycles. The molecule has 0 unspecified atom stereocenters. The molecule has 0 heterocycles. The Kier molecular flexibility index (Phi) is 6.52. The lowest BCUT2D eigenvalue weighted by atomic mass is 9.67. The minimum atomic E-state index is -0.995. The lowest BCUT2D eigenvalue weighted by molar-refractivity contribution is 0.0696. The van der Waals surface area contributed by atoms with Crippen LogP contribution in [0.3, 0.4) is 0 Å². The van der Waals surface area contributed by atoms with Gasteiger partial charge >= 0.3 is 5.97 Å². The number of para-hydroxylation sites is 4. The first-order valence-corrected chi connectivity index (χ1v) is 14.2. The molecular weight excluding hydrogens is 548 g/mol. The lowest BCUT2D eigenvalue weighted by Crippen LogP contribution is -2.29. The van der Waals surface area contributed by atoms with Crippen LogP contribution in [0.1, 0.15) is 32.6 Å². The van der Waals surface area contributed by atoms with Gasteiger partial charge in [0, 0.05) is 0 Å². The van der Waals surface area contributed by atoms with E-state index >= 15 is 0 Å². The zero-order valence-corrected chi connectivity index (χ0v) is 23.6. The van der Waals surface area contributed by atoms with Gasteiger partial charge in [0.05, 0.1) is 22.4 Å². The monoisotopic (exact) mass is 576 g/mol. The average molecular weight is 577 g/mol. The number of aromatic carboxylic acids is 1. The molecule has 0 fully saturated rings. The Morgan fingerprint density at radius 3 is 1.64 bits per heavy atom. The van der Waals surface area contributed by atoms with Gasteiger partial charge in [-0.15, -0.1) is 0 Å². The van der Waals surface area contributed by atoms with Crippen LogP contribution in [-0.4, -0.2) is 11.1 Å². The fourth-order valence-electron chi connectivity index (χ4n) is 6.19. The quantitative estimate of drug-likeness (QED) is 0.164. The average Bonchev–Trinajstić information content (AvgIpc) is 3.34. The van der Waals surface area contributed by atoms with Crippen molar-refractivity contribution in [3.63, 3.8) is 0 Å². The summed E-state index contributed by atoms with van der Waals surface area (Å²) in [5.74, 6) is 1.31. The molecular formula is C38H28N2O4. The molecule has 1 aliphatic rings. The van der Waals surface area contributed by atoms with Crippen molar-refractivity contribution in [2.24, 2.45) is 0 Å². The van der Waals surface area contributed by atoms with Crippen LogP contribution in [0.4, 0.5) is 11.4 Å². The molecule has 6 nitrogen and oxygen atoms in total. The number of ether oxygens (including phenoxy) is 2. The highest BCUT2D eigenvalue weighted by Gasteiger charge is 2.46. The SMILES string of the molecule is Nc1ccccc1Oc1cccc(C2(c3cccc(Oc4ccccc4N)c3)c3ccccc3-c3ccc(C(=O)O)cc32)c1. The van der Waals surface area contributed by atoms with Gasteiger partial charge in [-0.3, -0.25) is 0 Å². The number of anilines is 2. The summed E-state index contributed by atoms with van der Waals surface area (Å²) < 4.78 is 12.6. The zero-order chi connectivity index (χ0) is 30.3. The first kappa shape index (κ1) is 26.9.